The van der Waals surface area contributed by atoms with Crippen molar-refractivity contribution in [3.63, 3.8) is 0 Å². The molecule has 0 aliphatic carbocycles. The molecule has 0 aliphatic rings. The van der Waals surface area contributed by atoms with Crippen molar-refractivity contribution in [2.75, 3.05) is 0 Å². The third-order valence-corrected chi connectivity index (χ3v) is 3.31. The molecular formula is C14H17BrN2O6. The van der Waals surface area contributed by atoms with Gasteiger partial charge in [-0.1, -0.05) is 6.07 Å². The van der Waals surface area contributed by atoms with Crippen molar-refractivity contribution in [1.29, 1.82) is 0 Å². The van der Waals surface area contributed by atoms with Gasteiger partial charge in [0, 0.05) is 6.07 Å². The van der Waals surface area contributed by atoms with E-state index in [0.717, 1.165) is 0 Å². The molecule has 2 N–H and O–H groups in total. The summed E-state index contributed by atoms with van der Waals surface area (Å²) in [6.45, 7) is 5.01. The summed E-state index contributed by atoms with van der Waals surface area (Å²) in [7, 11) is 0. The number of carboxylic acids is 1. The van der Waals surface area contributed by atoms with Gasteiger partial charge in [0.2, 0.25) is 0 Å². The first-order chi connectivity index (χ1) is 10.5. The molecule has 0 aromatic heterocycles. The molecule has 0 fully saturated rings. The van der Waals surface area contributed by atoms with Crippen LogP contribution in [0.2, 0.25) is 0 Å². The van der Waals surface area contributed by atoms with Crippen LogP contribution >= 0.6 is 15.9 Å². The molecule has 8 nitrogen and oxygen atoms in total. The van der Waals surface area contributed by atoms with Crippen LogP contribution in [0.3, 0.4) is 0 Å². The van der Waals surface area contributed by atoms with Crippen LogP contribution in [0.5, 0.6) is 0 Å². The number of aliphatic carboxylic acids is 1. The second-order valence-electron chi connectivity index (χ2n) is 5.76. The average Bonchev–Trinajstić information content (AvgIpc) is 2.35. The van der Waals surface area contributed by atoms with Crippen LogP contribution in [0, 0.1) is 10.1 Å². The highest BCUT2D eigenvalue weighted by atomic mass is 79.9. The third-order valence-electron chi connectivity index (χ3n) is 2.64. The maximum Gasteiger partial charge on any atom is 0.408 e. The Kier molecular flexibility index (Phi) is 6.08. The molecule has 1 amide bonds. The lowest BCUT2D eigenvalue weighted by molar-refractivity contribution is -0.385. The number of hydrogen-bond acceptors (Lipinski definition) is 5. The van der Waals surface area contributed by atoms with E-state index in [1.165, 1.54) is 18.2 Å². The van der Waals surface area contributed by atoms with Crippen LogP contribution in [0.15, 0.2) is 22.7 Å². The van der Waals surface area contributed by atoms with E-state index in [1.807, 2.05) is 0 Å². The molecule has 0 saturated heterocycles. The van der Waals surface area contributed by atoms with E-state index in [-0.39, 0.29) is 10.2 Å². The zero-order valence-corrected chi connectivity index (χ0v) is 14.4. The molecule has 23 heavy (non-hydrogen) atoms. The lowest BCUT2D eigenvalue weighted by Gasteiger charge is -2.23. The van der Waals surface area contributed by atoms with E-state index in [2.05, 4.69) is 21.2 Å². The topological polar surface area (TPSA) is 119 Å². The number of nitrogens with zero attached hydrogens (tertiary/aromatic N) is 1. The average molecular weight is 389 g/mol. The quantitative estimate of drug-likeness (QED) is 0.589. The second kappa shape index (κ2) is 7.40. The lowest BCUT2D eigenvalue weighted by Crippen LogP contribution is -2.35. The van der Waals surface area contributed by atoms with Crippen LogP contribution in [0.1, 0.15) is 38.8 Å². The highest BCUT2D eigenvalue weighted by Gasteiger charge is 2.24. The normalized spacial score (nSPS) is 12.3. The minimum atomic E-state index is -1.16. The molecule has 1 atom stereocenters. The Morgan fingerprint density at radius 2 is 2.04 bits per heavy atom. The highest BCUT2D eigenvalue weighted by molar-refractivity contribution is 9.10. The number of carbonyl (C=O) groups is 2. The molecule has 0 bridgehead atoms. The maximum atomic E-state index is 11.8. The minimum Gasteiger partial charge on any atom is -0.481 e. The van der Waals surface area contributed by atoms with Crippen LogP contribution in [0.25, 0.3) is 0 Å². The van der Waals surface area contributed by atoms with E-state index in [0.29, 0.717) is 5.56 Å². The Morgan fingerprint density at radius 1 is 1.43 bits per heavy atom. The van der Waals surface area contributed by atoms with E-state index in [4.69, 9.17) is 9.84 Å². The molecule has 1 aromatic rings. The van der Waals surface area contributed by atoms with Gasteiger partial charge in [-0.2, -0.15) is 0 Å². The molecular weight excluding hydrogens is 372 g/mol. The first kappa shape index (κ1) is 18.9. The second-order valence-corrected chi connectivity index (χ2v) is 6.62. The summed E-state index contributed by atoms with van der Waals surface area (Å²) >= 11 is 3.05. The summed E-state index contributed by atoms with van der Waals surface area (Å²) in [4.78, 5) is 33.2. The fourth-order valence-corrected chi connectivity index (χ4v) is 2.15. The maximum absolute atomic E-state index is 11.8. The predicted molar refractivity (Wildman–Crippen MR) is 85.2 cm³/mol. The number of rotatable bonds is 5. The number of nitro groups is 1. The number of amides is 1. The summed E-state index contributed by atoms with van der Waals surface area (Å²) in [5, 5.41) is 22.4. The number of alkyl carbamates (subject to hydrolysis) is 1. The fourth-order valence-electron chi connectivity index (χ4n) is 1.76. The van der Waals surface area contributed by atoms with Gasteiger partial charge >= 0.3 is 12.1 Å². The minimum absolute atomic E-state index is 0.219. The van der Waals surface area contributed by atoms with Crippen molar-refractivity contribution in [3.05, 3.63) is 38.3 Å². The first-order valence-electron chi connectivity index (χ1n) is 6.65. The fraction of sp³-hybridized carbons (Fsp3) is 0.429. The summed E-state index contributed by atoms with van der Waals surface area (Å²) < 4.78 is 5.35. The molecule has 0 saturated carbocycles. The van der Waals surface area contributed by atoms with Gasteiger partial charge in [-0.25, -0.2) is 4.79 Å². The molecule has 0 radical (unpaired) electrons. The van der Waals surface area contributed by atoms with Gasteiger partial charge in [0.1, 0.15) is 5.60 Å². The molecule has 0 aliphatic heterocycles. The zero-order valence-electron chi connectivity index (χ0n) is 12.8. The molecule has 0 unspecified atom stereocenters. The largest absolute Gasteiger partial charge is 0.481 e. The highest BCUT2D eigenvalue weighted by Crippen LogP contribution is 2.29. The van der Waals surface area contributed by atoms with Crippen molar-refractivity contribution in [2.24, 2.45) is 0 Å². The lowest BCUT2D eigenvalue weighted by atomic mass is 10.0. The van der Waals surface area contributed by atoms with Gasteiger partial charge in [-0.05, 0) is 48.3 Å². The van der Waals surface area contributed by atoms with E-state index in [9.17, 15) is 19.7 Å². The molecule has 0 heterocycles. The van der Waals surface area contributed by atoms with Crippen LogP contribution in [0.4, 0.5) is 10.5 Å². The van der Waals surface area contributed by atoms with E-state index < -0.39 is 35.0 Å². The number of carbonyl (C=O) groups excluding carboxylic acids is 1. The zero-order chi connectivity index (χ0) is 17.8. The number of nitro benzene ring substituents is 1. The number of ether oxygens (including phenoxy) is 1. The van der Waals surface area contributed by atoms with Crippen LogP contribution in [-0.2, 0) is 9.53 Å². The summed E-state index contributed by atoms with van der Waals surface area (Å²) in [5.41, 5.74) is -0.666. The molecule has 1 aromatic carbocycles. The van der Waals surface area contributed by atoms with Crippen molar-refractivity contribution >= 4 is 33.7 Å². The number of benzene rings is 1. The Morgan fingerprint density at radius 3 is 2.52 bits per heavy atom. The van der Waals surface area contributed by atoms with Gasteiger partial charge in [-0.15, -0.1) is 0 Å². The monoisotopic (exact) mass is 388 g/mol. The van der Waals surface area contributed by atoms with Crippen molar-refractivity contribution in [2.45, 2.75) is 38.8 Å². The van der Waals surface area contributed by atoms with Crippen molar-refractivity contribution in [3.8, 4) is 0 Å². The Balaban J connectivity index is 3.07. The number of nitrogens with one attached hydrogen (secondary N) is 1. The Hall–Kier alpha value is -2.16. The summed E-state index contributed by atoms with van der Waals surface area (Å²) in [6.07, 6.45) is -1.23. The Labute approximate surface area is 141 Å². The standard InChI is InChI=1S/C14H17BrN2O6/c1-14(2,3)23-13(20)16-10(7-12(18)19)8-4-5-9(15)11(6-8)17(21)22/h4-6,10H,7H2,1-3H3,(H,16,20)(H,18,19)/t10-/m1/s1. The number of hydrogen-bond donors (Lipinski definition) is 2. The first-order valence-corrected chi connectivity index (χ1v) is 7.44. The molecule has 9 heteroatoms. The van der Waals surface area contributed by atoms with Gasteiger partial charge < -0.3 is 15.2 Å². The van der Waals surface area contributed by atoms with E-state index >= 15 is 0 Å². The summed E-state index contributed by atoms with van der Waals surface area (Å²) in [6, 6.07) is 3.20. The number of carboxylic acid groups (broad SMARTS) is 1. The smallest absolute Gasteiger partial charge is 0.408 e. The molecule has 1 rings (SSSR count). The van der Waals surface area contributed by atoms with E-state index in [1.54, 1.807) is 20.8 Å². The summed E-state index contributed by atoms with van der Waals surface area (Å²) in [5.74, 6) is -1.16. The van der Waals surface area contributed by atoms with Gasteiger partial charge in [-0.3, -0.25) is 14.9 Å². The van der Waals surface area contributed by atoms with Gasteiger partial charge in [0.15, 0.2) is 0 Å². The predicted octanol–water partition coefficient (Wildman–Crippen LogP) is 3.40. The molecule has 126 valence electrons. The van der Waals surface area contributed by atoms with Crippen LogP contribution in [-0.4, -0.2) is 27.7 Å². The number of halogens is 1. The SMILES string of the molecule is CC(C)(C)OC(=O)N[C@H](CC(=O)O)c1ccc(Br)c([N+](=O)[O-])c1. The van der Waals surface area contributed by atoms with Gasteiger partial charge in [0.05, 0.1) is 21.9 Å². The van der Waals surface area contributed by atoms with Gasteiger partial charge in [0.25, 0.3) is 5.69 Å². The van der Waals surface area contributed by atoms with Crippen molar-refractivity contribution < 1.29 is 24.4 Å². The van der Waals surface area contributed by atoms with Crippen molar-refractivity contribution in [1.82, 2.24) is 5.32 Å². The third kappa shape index (κ3) is 6.23. The molecule has 0 spiro atoms. The van der Waals surface area contributed by atoms with Crippen LogP contribution < -0.4 is 5.32 Å². The Bertz CT molecular complexity index is 626.